The predicted molar refractivity (Wildman–Crippen MR) is 74.8 cm³/mol. The van der Waals surface area contributed by atoms with Gasteiger partial charge >= 0.3 is 0 Å². The van der Waals surface area contributed by atoms with Gasteiger partial charge in [-0.15, -0.1) is 0 Å². The highest BCUT2D eigenvalue weighted by molar-refractivity contribution is 6.35. The Morgan fingerprint density at radius 3 is 2.55 bits per heavy atom. The summed E-state index contributed by atoms with van der Waals surface area (Å²) < 4.78 is 10.3. The van der Waals surface area contributed by atoms with E-state index in [-0.39, 0.29) is 22.3 Å². The zero-order chi connectivity index (χ0) is 14.9. The average molecular weight is 297 g/mol. The van der Waals surface area contributed by atoms with Gasteiger partial charge in [0.1, 0.15) is 5.82 Å². The molecule has 2 aromatic rings. The Kier molecular flexibility index (Phi) is 3.85. The third-order valence-electron chi connectivity index (χ3n) is 2.87. The molecule has 0 saturated heterocycles. The van der Waals surface area contributed by atoms with E-state index < -0.39 is 5.56 Å². The van der Waals surface area contributed by atoms with E-state index >= 15 is 0 Å². The summed E-state index contributed by atoms with van der Waals surface area (Å²) in [6, 6.07) is 3.26. The number of H-pyrrole nitrogens is 1. The quantitative estimate of drug-likeness (QED) is 0.906. The maximum absolute atomic E-state index is 11.7. The van der Waals surface area contributed by atoms with Gasteiger partial charge in [0.2, 0.25) is 5.88 Å². The normalized spacial score (nSPS) is 10.4. The Balaban J connectivity index is 2.68. The summed E-state index contributed by atoms with van der Waals surface area (Å²) in [7, 11) is 2.95. The van der Waals surface area contributed by atoms with E-state index in [1.54, 1.807) is 12.1 Å². The van der Waals surface area contributed by atoms with E-state index in [4.69, 9.17) is 21.1 Å². The molecule has 0 aliphatic heterocycles. The molecule has 0 saturated carbocycles. The number of ether oxygens (including phenoxy) is 2. The lowest BCUT2D eigenvalue weighted by Crippen LogP contribution is -2.12. The highest BCUT2D eigenvalue weighted by Gasteiger charge is 2.17. The summed E-state index contributed by atoms with van der Waals surface area (Å²) in [4.78, 5) is 18.1. The Bertz CT molecular complexity index is 712. The molecule has 1 aromatic carbocycles. The van der Waals surface area contributed by atoms with Crippen LogP contribution in [0.5, 0.6) is 17.4 Å². The van der Waals surface area contributed by atoms with Gasteiger partial charge in [-0.25, -0.2) is 0 Å². The number of aromatic amines is 1. The van der Waals surface area contributed by atoms with Gasteiger partial charge in [-0.2, -0.15) is 4.98 Å². The zero-order valence-corrected chi connectivity index (χ0v) is 11.9. The van der Waals surface area contributed by atoms with Crippen molar-refractivity contribution >= 4 is 11.6 Å². The first-order valence-electron chi connectivity index (χ1n) is 5.70. The van der Waals surface area contributed by atoms with Gasteiger partial charge in [0, 0.05) is 5.56 Å². The van der Waals surface area contributed by atoms with Crippen LogP contribution in [0.2, 0.25) is 5.02 Å². The molecular formula is C13H13ClN2O4. The molecular weight excluding hydrogens is 284 g/mol. The van der Waals surface area contributed by atoms with E-state index in [2.05, 4.69) is 9.97 Å². The van der Waals surface area contributed by atoms with Crippen LogP contribution in [0.25, 0.3) is 11.4 Å². The second kappa shape index (κ2) is 5.42. The SMILES string of the molecule is COc1ccc(-c2nc(O)c(C)c(=O)[nH]2)c(Cl)c1OC. The van der Waals surface area contributed by atoms with Crippen LogP contribution in [0.4, 0.5) is 0 Å². The lowest BCUT2D eigenvalue weighted by Gasteiger charge is -2.12. The largest absolute Gasteiger partial charge is 0.493 e. The van der Waals surface area contributed by atoms with Crippen LogP contribution in [-0.4, -0.2) is 29.3 Å². The van der Waals surface area contributed by atoms with Crippen molar-refractivity contribution in [3.8, 4) is 28.8 Å². The molecule has 2 N–H and O–H groups in total. The van der Waals surface area contributed by atoms with E-state index in [0.29, 0.717) is 17.1 Å². The number of methoxy groups -OCH3 is 2. The molecule has 0 bridgehead atoms. The molecule has 0 aliphatic rings. The standard InChI is InChI=1S/C13H13ClN2O4/c1-6-12(17)15-11(16-13(6)18)7-4-5-8(19-2)10(20-3)9(7)14/h4-5H,1-3H3,(H2,15,16,17,18). The minimum atomic E-state index is -0.432. The van der Waals surface area contributed by atoms with Crippen LogP contribution in [0.15, 0.2) is 16.9 Å². The van der Waals surface area contributed by atoms with E-state index in [0.717, 1.165) is 0 Å². The number of aromatic nitrogens is 2. The molecule has 2 rings (SSSR count). The highest BCUT2D eigenvalue weighted by atomic mass is 35.5. The Hall–Kier alpha value is -2.21. The zero-order valence-electron chi connectivity index (χ0n) is 11.2. The maximum Gasteiger partial charge on any atom is 0.257 e. The first kappa shape index (κ1) is 14.2. The fourth-order valence-electron chi connectivity index (χ4n) is 1.72. The van der Waals surface area contributed by atoms with Crippen molar-refractivity contribution in [3.05, 3.63) is 33.1 Å². The molecule has 20 heavy (non-hydrogen) atoms. The van der Waals surface area contributed by atoms with Gasteiger partial charge in [0.15, 0.2) is 11.5 Å². The van der Waals surface area contributed by atoms with Gasteiger partial charge in [0.05, 0.1) is 24.8 Å². The van der Waals surface area contributed by atoms with Crippen molar-refractivity contribution in [3.63, 3.8) is 0 Å². The van der Waals surface area contributed by atoms with Gasteiger partial charge in [-0.05, 0) is 19.1 Å². The van der Waals surface area contributed by atoms with Crippen LogP contribution in [0.1, 0.15) is 5.56 Å². The Morgan fingerprint density at radius 1 is 1.30 bits per heavy atom. The second-order valence-electron chi connectivity index (χ2n) is 4.03. The Morgan fingerprint density at radius 2 is 2.00 bits per heavy atom. The fraction of sp³-hybridized carbons (Fsp3) is 0.231. The number of hydrogen-bond donors (Lipinski definition) is 2. The number of halogens is 1. The van der Waals surface area contributed by atoms with E-state index in [1.807, 2.05) is 0 Å². The topological polar surface area (TPSA) is 84.4 Å². The first-order valence-corrected chi connectivity index (χ1v) is 6.08. The second-order valence-corrected chi connectivity index (χ2v) is 4.40. The van der Waals surface area contributed by atoms with Crippen LogP contribution in [-0.2, 0) is 0 Å². The van der Waals surface area contributed by atoms with Crippen molar-refractivity contribution in [2.75, 3.05) is 14.2 Å². The Labute approximate surface area is 120 Å². The van der Waals surface area contributed by atoms with Crippen molar-refractivity contribution < 1.29 is 14.6 Å². The molecule has 1 heterocycles. The molecule has 0 amide bonds. The van der Waals surface area contributed by atoms with E-state index in [9.17, 15) is 9.90 Å². The first-order chi connectivity index (χ1) is 9.49. The molecule has 0 spiro atoms. The summed E-state index contributed by atoms with van der Waals surface area (Å²) in [5.41, 5.74) is 0.139. The molecule has 0 unspecified atom stereocenters. The van der Waals surface area contributed by atoms with Crippen LogP contribution < -0.4 is 15.0 Å². The number of nitrogens with one attached hydrogen (secondary N) is 1. The van der Waals surface area contributed by atoms with Crippen LogP contribution >= 0.6 is 11.6 Å². The molecule has 106 valence electrons. The summed E-state index contributed by atoms with van der Waals surface area (Å²) in [6.45, 7) is 1.47. The smallest absolute Gasteiger partial charge is 0.257 e. The van der Waals surface area contributed by atoms with Crippen molar-refractivity contribution in [1.29, 1.82) is 0 Å². The minimum Gasteiger partial charge on any atom is -0.493 e. The summed E-state index contributed by atoms with van der Waals surface area (Å²) in [5.74, 6) is 0.605. The molecule has 7 heteroatoms. The number of aromatic hydroxyl groups is 1. The molecule has 0 aliphatic carbocycles. The highest BCUT2D eigenvalue weighted by Crippen LogP contribution is 2.40. The summed E-state index contributed by atoms with van der Waals surface area (Å²) in [5, 5.41) is 9.86. The molecule has 1 aromatic heterocycles. The maximum atomic E-state index is 11.7. The fourth-order valence-corrected chi connectivity index (χ4v) is 2.04. The molecule has 6 nitrogen and oxygen atoms in total. The third-order valence-corrected chi connectivity index (χ3v) is 3.24. The predicted octanol–water partition coefficient (Wildman–Crippen LogP) is 2.12. The van der Waals surface area contributed by atoms with Crippen molar-refractivity contribution in [1.82, 2.24) is 9.97 Å². The lowest BCUT2D eigenvalue weighted by molar-refractivity contribution is 0.355. The monoisotopic (exact) mass is 296 g/mol. The summed E-state index contributed by atoms with van der Waals surface area (Å²) in [6.07, 6.45) is 0. The number of rotatable bonds is 3. The van der Waals surface area contributed by atoms with Gasteiger partial charge in [-0.3, -0.25) is 4.79 Å². The molecule has 0 fully saturated rings. The lowest BCUT2D eigenvalue weighted by atomic mass is 10.1. The molecule has 0 radical (unpaired) electrons. The van der Waals surface area contributed by atoms with E-state index in [1.165, 1.54) is 21.1 Å². The number of benzene rings is 1. The minimum absolute atomic E-state index is 0.144. The van der Waals surface area contributed by atoms with Crippen molar-refractivity contribution in [2.24, 2.45) is 0 Å². The number of hydrogen-bond acceptors (Lipinski definition) is 5. The third kappa shape index (κ3) is 2.30. The van der Waals surface area contributed by atoms with Gasteiger partial charge in [-0.1, -0.05) is 11.6 Å². The van der Waals surface area contributed by atoms with Gasteiger partial charge < -0.3 is 19.6 Å². The average Bonchev–Trinajstić information content (AvgIpc) is 2.43. The summed E-state index contributed by atoms with van der Waals surface area (Å²) >= 11 is 6.22. The molecule has 0 atom stereocenters. The van der Waals surface area contributed by atoms with Crippen LogP contribution in [0.3, 0.4) is 0 Å². The van der Waals surface area contributed by atoms with Crippen LogP contribution in [0, 0.1) is 6.92 Å². The van der Waals surface area contributed by atoms with Gasteiger partial charge in [0.25, 0.3) is 5.56 Å². The van der Waals surface area contributed by atoms with Crippen molar-refractivity contribution in [2.45, 2.75) is 6.92 Å². The number of nitrogens with zero attached hydrogens (tertiary/aromatic N) is 1.